The van der Waals surface area contributed by atoms with Crippen LogP contribution in [0.1, 0.15) is 12.5 Å². The summed E-state index contributed by atoms with van der Waals surface area (Å²) in [5.74, 6) is 0.144. The van der Waals surface area contributed by atoms with Gasteiger partial charge in [-0.3, -0.25) is 0 Å². The fraction of sp³-hybridized carbons (Fsp3) is 0.273. The van der Waals surface area contributed by atoms with Crippen LogP contribution in [0.3, 0.4) is 0 Å². The minimum atomic E-state index is -2.83. The second kappa shape index (κ2) is 5.96. The molecule has 1 aromatic rings. The molecule has 1 rings (SSSR count). The van der Waals surface area contributed by atoms with Gasteiger partial charge >= 0.3 is 6.61 Å². The van der Waals surface area contributed by atoms with E-state index in [2.05, 4.69) is 20.7 Å². The van der Waals surface area contributed by atoms with Gasteiger partial charge in [0.2, 0.25) is 0 Å². The predicted molar refractivity (Wildman–Crippen MR) is 63.5 cm³/mol. The molecule has 2 N–H and O–H groups in total. The van der Waals surface area contributed by atoms with Crippen LogP contribution in [0.25, 0.3) is 6.08 Å². The first-order chi connectivity index (χ1) is 7.52. The van der Waals surface area contributed by atoms with Gasteiger partial charge in [-0.25, -0.2) is 0 Å². The molecular formula is C11H12BrF2NO. The van der Waals surface area contributed by atoms with Gasteiger partial charge in [-0.1, -0.05) is 27.6 Å². The van der Waals surface area contributed by atoms with Gasteiger partial charge in [0.1, 0.15) is 5.75 Å². The lowest BCUT2D eigenvalue weighted by atomic mass is 10.1. The molecule has 0 amide bonds. The summed E-state index contributed by atoms with van der Waals surface area (Å²) in [6.07, 6.45) is 1.72. The van der Waals surface area contributed by atoms with E-state index >= 15 is 0 Å². The van der Waals surface area contributed by atoms with Gasteiger partial charge in [0.15, 0.2) is 0 Å². The quantitative estimate of drug-likeness (QED) is 0.923. The Morgan fingerprint density at radius 2 is 2.25 bits per heavy atom. The van der Waals surface area contributed by atoms with Gasteiger partial charge in [0.25, 0.3) is 0 Å². The normalized spacial score (nSPS) is 12.0. The molecule has 0 aliphatic rings. The van der Waals surface area contributed by atoms with Crippen molar-refractivity contribution in [1.82, 2.24) is 0 Å². The zero-order chi connectivity index (χ0) is 12.1. The first-order valence-corrected chi connectivity index (χ1v) is 5.44. The van der Waals surface area contributed by atoms with Crippen LogP contribution >= 0.6 is 15.9 Å². The van der Waals surface area contributed by atoms with Gasteiger partial charge < -0.3 is 10.5 Å². The minimum absolute atomic E-state index is 0.144. The van der Waals surface area contributed by atoms with Crippen molar-refractivity contribution in [2.75, 3.05) is 6.54 Å². The highest BCUT2D eigenvalue weighted by molar-refractivity contribution is 9.10. The first-order valence-electron chi connectivity index (χ1n) is 4.64. The van der Waals surface area contributed by atoms with Gasteiger partial charge in [-0.05, 0) is 25.1 Å². The van der Waals surface area contributed by atoms with Crippen LogP contribution in [-0.4, -0.2) is 13.2 Å². The average Bonchev–Trinajstić information content (AvgIpc) is 2.21. The Balaban J connectivity index is 3.08. The third-order valence-electron chi connectivity index (χ3n) is 1.91. The zero-order valence-corrected chi connectivity index (χ0v) is 10.3. The molecule has 0 aromatic heterocycles. The van der Waals surface area contributed by atoms with E-state index in [9.17, 15) is 8.78 Å². The third kappa shape index (κ3) is 3.90. The van der Waals surface area contributed by atoms with Crippen LogP contribution in [0.4, 0.5) is 8.78 Å². The molecule has 2 nitrogen and oxygen atoms in total. The fourth-order valence-electron chi connectivity index (χ4n) is 1.16. The third-order valence-corrected chi connectivity index (χ3v) is 2.41. The van der Waals surface area contributed by atoms with E-state index in [-0.39, 0.29) is 5.75 Å². The molecule has 0 unspecified atom stereocenters. The molecule has 0 saturated carbocycles. The summed E-state index contributed by atoms with van der Waals surface area (Å²) in [6.45, 7) is -0.625. The van der Waals surface area contributed by atoms with E-state index in [1.807, 2.05) is 6.92 Å². The van der Waals surface area contributed by atoms with Crippen LogP contribution in [-0.2, 0) is 0 Å². The summed E-state index contributed by atoms with van der Waals surface area (Å²) < 4.78 is 29.5. The maximum absolute atomic E-state index is 12.1. The smallest absolute Gasteiger partial charge is 0.387 e. The van der Waals surface area contributed by atoms with E-state index in [1.54, 1.807) is 18.2 Å². The Morgan fingerprint density at radius 3 is 2.81 bits per heavy atom. The Kier molecular flexibility index (Phi) is 4.89. The molecule has 5 heteroatoms. The minimum Gasteiger partial charge on any atom is -0.434 e. The molecule has 88 valence electrons. The highest BCUT2D eigenvalue weighted by atomic mass is 79.9. The Bertz CT molecular complexity index is 394. The van der Waals surface area contributed by atoms with Crippen molar-refractivity contribution in [2.24, 2.45) is 5.73 Å². The second-order valence-electron chi connectivity index (χ2n) is 3.26. The van der Waals surface area contributed by atoms with Crippen molar-refractivity contribution in [3.63, 3.8) is 0 Å². The highest BCUT2D eigenvalue weighted by Crippen LogP contribution is 2.26. The zero-order valence-electron chi connectivity index (χ0n) is 8.71. The number of rotatable bonds is 4. The number of hydrogen-bond acceptors (Lipinski definition) is 2. The standard InChI is InChI=1S/C11H12BrF2NO/c1-7(6-15)4-8-5-9(12)2-3-10(8)16-11(13)14/h2-5,11H,6,15H2,1H3. The van der Waals surface area contributed by atoms with Crippen LogP contribution in [0.2, 0.25) is 0 Å². The number of benzene rings is 1. The maximum Gasteiger partial charge on any atom is 0.387 e. The van der Waals surface area contributed by atoms with Crippen LogP contribution in [0.5, 0.6) is 5.75 Å². The lowest BCUT2D eigenvalue weighted by molar-refractivity contribution is -0.0500. The Labute approximate surface area is 101 Å². The van der Waals surface area contributed by atoms with Crippen molar-refractivity contribution in [2.45, 2.75) is 13.5 Å². The number of nitrogens with two attached hydrogens (primary N) is 1. The van der Waals surface area contributed by atoms with Crippen LogP contribution < -0.4 is 10.5 Å². The van der Waals surface area contributed by atoms with E-state index in [1.165, 1.54) is 6.07 Å². The lowest BCUT2D eigenvalue weighted by Crippen LogP contribution is -2.04. The van der Waals surface area contributed by atoms with Crippen molar-refractivity contribution in [3.8, 4) is 5.75 Å². The molecule has 0 atom stereocenters. The van der Waals surface area contributed by atoms with Gasteiger partial charge in [-0.2, -0.15) is 8.78 Å². The fourth-order valence-corrected chi connectivity index (χ4v) is 1.54. The molecule has 0 aliphatic carbocycles. The maximum atomic E-state index is 12.1. The topological polar surface area (TPSA) is 35.2 Å². The summed E-state index contributed by atoms with van der Waals surface area (Å²) in [5, 5.41) is 0. The Hall–Kier alpha value is -0.940. The van der Waals surface area contributed by atoms with Gasteiger partial charge in [0.05, 0.1) is 0 Å². The van der Waals surface area contributed by atoms with Crippen molar-refractivity contribution in [1.29, 1.82) is 0 Å². The van der Waals surface area contributed by atoms with Crippen LogP contribution in [0.15, 0.2) is 28.2 Å². The largest absolute Gasteiger partial charge is 0.434 e. The van der Waals surface area contributed by atoms with E-state index in [0.29, 0.717) is 12.1 Å². The number of alkyl halides is 2. The summed E-state index contributed by atoms with van der Waals surface area (Å²) in [6, 6.07) is 4.84. The molecule has 0 spiro atoms. The molecule has 1 aromatic carbocycles. The van der Waals surface area contributed by atoms with E-state index < -0.39 is 6.61 Å². The summed E-state index contributed by atoms with van der Waals surface area (Å²) in [5.41, 5.74) is 6.91. The van der Waals surface area contributed by atoms with Crippen molar-refractivity contribution < 1.29 is 13.5 Å². The average molecular weight is 292 g/mol. The second-order valence-corrected chi connectivity index (χ2v) is 4.17. The molecule has 0 heterocycles. The van der Waals surface area contributed by atoms with Gasteiger partial charge in [0, 0.05) is 16.6 Å². The van der Waals surface area contributed by atoms with E-state index in [0.717, 1.165) is 10.0 Å². The summed E-state index contributed by atoms with van der Waals surface area (Å²) in [4.78, 5) is 0. The molecule has 0 fully saturated rings. The lowest BCUT2D eigenvalue weighted by Gasteiger charge is -2.09. The van der Waals surface area contributed by atoms with Crippen molar-refractivity contribution in [3.05, 3.63) is 33.8 Å². The highest BCUT2D eigenvalue weighted by Gasteiger charge is 2.08. The SMILES string of the molecule is CC(=Cc1cc(Br)ccc1OC(F)F)CN. The molecule has 0 saturated heterocycles. The van der Waals surface area contributed by atoms with Crippen LogP contribution in [0, 0.1) is 0 Å². The molecule has 16 heavy (non-hydrogen) atoms. The van der Waals surface area contributed by atoms with E-state index in [4.69, 9.17) is 5.73 Å². The predicted octanol–water partition coefficient (Wildman–Crippen LogP) is 3.41. The summed E-state index contributed by atoms with van der Waals surface area (Å²) in [7, 11) is 0. The molecule has 0 radical (unpaired) electrons. The Morgan fingerprint density at radius 1 is 1.56 bits per heavy atom. The molecule has 0 aliphatic heterocycles. The number of halogens is 3. The van der Waals surface area contributed by atoms with Crippen molar-refractivity contribution >= 4 is 22.0 Å². The monoisotopic (exact) mass is 291 g/mol. The molecular weight excluding hydrogens is 280 g/mol. The molecule has 0 bridgehead atoms. The summed E-state index contributed by atoms with van der Waals surface area (Å²) >= 11 is 3.27. The first kappa shape index (κ1) is 13.1. The number of hydrogen-bond donors (Lipinski definition) is 1. The van der Waals surface area contributed by atoms with Gasteiger partial charge in [-0.15, -0.1) is 0 Å². The number of ether oxygens (including phenoxy) is 1.